The minimum Gasteiger partial charge on any atom is -0.486 e. The van der Waals surface area contributed by atoms with E-state index >= 15 is 0 Å². The zero-order valence-electron chi connectivity index (χ0n) is 15.2. The predicted molar refractivity (Wildman–Crippen MR) is 106 cm³/mol. The lowest BCUT2D eigenvalue weighted by molar-refractivity contribution is -0.120. The summed E-state index contributed by atoms with van der Waals surface area (Å²) in [5.41, 5.74) is 0.778. The lowest BCUT2D eigenvalue weighted by atomic mass is 10.3. The molecule has 3 rings (SSSR count). The van der Waals surface area contributed by atoms with Gasteiger partial charge >= 0.3 is 0 Å². The van der Waals surface area contributed by atoms with E-state index in [0.29, 0.717) is 24.6 Å². The molecule has 6 nitrogen and oxygen atoms in total. The maximum absolute atomic E-state index is 12.1. The van der Waals surface area contributed by atoms with Crippen molar-refractivity contribution in [1.29, 1.82) is 0 Å². The summed E-state index contributed by atoms with van der Waals surface area (Å²) >= 11 is 7.35. The molecule has 1 aliphatic heterocycles. The monoisotopic (exact) mass is 409 g/mol. The maximum atomic E-state index is 12.1. The number of rotatable bonds is 9. The van der Waals surface area contributed by atoms with E-state index in [1.807, 2.05) is 17.5 Å². The lowest BCUT2D eigenvalue weighted by Gasteiger charge is -2.26. The Bertz CT molecular complexity index is 717. The summed E-state index contributed by atoms with van der Waals surface area (Å²) in [5, 5.41) is 6.40. The summed E-state index contributed by atoms with van der Waals surface area (Å²) in [6.07, 6.45) is 1.25. The van der Waals surface area contributed by atoms with Gasteiger partial charge in [-0.05, 0) is 37.2 Å². The molecule has 8 heteroatoms. The number of benzene rings is 1. The number of aromatic nitrogens is 1. The standard InChI is InChI=1S/C19H24ClN3O3S/c20-15-2-4-17(5-3-15)26-13-19-22-16(14-27-19)12-18(24)21-6-1-7-23-8-10-25-11-9-23/h2-5,14H,1,6-13H2,(H,21,24). The van der Waals surface area contributed by atoms with Gasteiger partial charge in [0.15, 0.2) is 0 Å². The van der Waals surface area contributed by atoms with Crippen LogP contribution < -0.4 is 10.1 Å². The second-order valence-electron chi connectivity index (χ2n) is 6.31. The Balaban J connectivity index is 1.33. The fraction of sp³-hybridized carbons (Fsp3) is 0.474. The van der Waals surface area contributed by atoms with Crippen molar-refractivity contribution in [3.8, 4) is 5.75 Å². The van der Waals surface area contributed by atoms with E-state index in [9.17, 15) is 4.79 Å². The molecule has 146 valence electrons. The van der Waals surface area contributed by atoms with E-state index in [2.05, 4.69) is 15.2 Å². The van der Waals surface area contributed by atoms with E-state index < -0.39 is 0 Å². The zero-order valence-corrected chi connectivity index (χ0v) is 16.7. The molecule has 2 heterocycles. The lowest BCUT2D eigenvalue weighted by Crippen LogP contribution is -2.38. The minimum atomic E-state index is 0.00690. The van der Waals surface area contributed by atoms with Crippen LogP contribution >= 0.6 is 22.9 Å². The van der Waals surface area contributed by atoms with Gasteiger partial charge in [-0.1, -0.05) is 11.6 Å². The number of thiazole rings is 1. The van der Waals surface area contributed by atoms with Gasteiger partial charge in [-0.25, -0.2) is 4.98 Å². The van der Waals surface area contributed by atoms with E-state index in [-0.39, 0.29) is 5.91 Å². The number of hydrogen-bond donors (Lipinski definition) is 1. The van der Waals surface area contributed by atoms with Crippen LogP contribution in [0.2, 0.25) is 5.02 Å². The van der Waals surface area contributed by atoms with Crippen molar-refractivity contribution >= 4 is 28.8 Å². The van der Waals surface area contributed by atoms with Crippen LogP contribution in [0.25, 0.3) is 0 Å². The molecule has 2 aromatic rings. The third kappa shape index (κ3) is 7.10. The molecule has 27 heavy (non-hydrogen) atoms. The van der Waals surface area contributed by atoms with Crippen LogP contribution in [0.5, 0.6) is 5.75 Å². The smallest absolute Gasteiger partial charge is 0.226 e. The topological polar surface area (TPSA) is 63.7 Å². The Labute approximate surface area is 168 Å². The van der Waals surface area contributed by atoms with E-state index in [1.165, 1.54) is 11.3 Å². The molecule has 0 bridgehead atoms. The molecule has 0 radical (unpaired) electrons. The fourth-order valence-corrected chi connectivity index (χ4v) is 3.59. The molecule has 0 spiro atoms. The summed E-state index contributed by atoms with van der Waals surface area (Å²) in [7, 11) is 0. The fourth-order valence-electron chi connectivity index (χ4n) is 2.75. The molecule has 1 aromatic carbocycles. The van der Waals surface area contributed by atoms with Crippen molar-refractivity contribution in [2.45, 2.75) is 19.4 Å². The second-order valence-corrected chi connectivity index (χ2v) is 7.69. The molecule has 1 aliphatic rings. The van der Waals surface area contributed by atoms with Crippen LogP contribution in [0, 0.1) is 0 Å². The molecule has 0 unspecified atom stereocenters. The number of carbonyl (C=O) groups excluding carboxylic acids is 1. The number of morpholine rings is 1. The zero-order chi connectivity index (χ0) is 18.9. The molecule has 1 fully saturated rings. The Morgan fingerprint density at radius 3 is 2.85 bits per heavy atom. The van der Waals surface area contributed by atoms with Crippen LogP contribution in [-0.4, -0.2) is 55.2 Å². The van der Waals surface area contributed by atoms with Gasteiger partial charge in [0.1, 0.15) is 17.4 Å². The Morgan fingerprint density at radius 1 is 1.30 bits per heavy atom. The predicted octanol–water partition coefficient (Wildman–Crippen LogP) is 2.76. The number of amides is 1. The summed E-state index contributed by atoms with van der Waals surface area (Å²) in [5.74, 6) is 0.751. The average Bonchev–Trinajstić information content (AvgIpc) is 3.13. The average molecular weight is 410 g/mol. The number of carbonyl (C=O) groups is 1. The molecule has 0 saturated carbocycles. The first-order chi connectivity index (χ1) is 13.2. The Hall–Kier alpha value is -1.67. The van der Waals surface area contributed by atoms with E-state index in [0.717, 1.165) is 55.7 Å². The highest BCUT2D eigenvalue weighted by Gasteiger charge is 2.11. The number of ether oxygens (including phenoxy) is 2. The molecule has 1 amide bonds. The Kier molecular flexibility index (Phi) is 7.89. The van der Waals surface area contributed by atoms with Gasteiger partial charge < -0.3 is 14.8 Å². The number of nitrogens with one attached hydrogen (secondary N) is 1. The molecular formula is C19H24ClN3O3S. The van der Waals surface area contributed by atoms with Crippen LogP contribution in [0.1, 0.15) is 17.1 Å². The summed E-state index contributed by atoms with van der Waals surface area (Å²) in [4.78, 5) is 18.9. The maximum Gasteiger partial charge on any atom is 0.226 e. The van der Waals surface area contributed by atoms with Gasteiger partial charge in [-0.3, -0.25) is 9.69 Å². The van der Waals surface area contributed by atoms with Crippen molar-refractivity contribution in [2.24, 2.45) is 0 Å². The van der Waals surface area contributed by atoms with Crippen LogP contribution in [-0.2, 0) is 22.6 Å². The minimum absolute atomic E-state index is 0.00690. The van der Waals surface area contributed by atoms with E-state index in [1.54, 1.807) is 12.1 Å². The van der Waals surface area contributed by atoms with Crippen molar-refractivity contribution in [1.82, 2.24) is 15.2 Å². The number of halogens is 1. The summed E-state index contributed by atoms with van der Waals surface area (Å²) in [6, 6.07) is 7.21. The normalized spacial score (nSPS) is 14.9. The first-order valence-electron chi connectivity index (χ1n) is 9.07. The van der Waals surface area contributed by atoms with Crippen molar-refractivity contribution < 1.29 is 14.3 Å². The summed E-state index contributed by atoms with van der Waals surface area (Å²) in [6.45, 7) is 5.63. The molecular weight excluding hydrogens is 386 g/mol. The largest absolute Gasteiger partial charge is 0.486 e. The van der Waals surface area contributed by atoms with Crippen molar-refractivity contribution in [2.75, 3.05) is 39.4 Å². The van der Waals surface area contributed by atoms with Crippen molar-refractivity contribution in [3.05, 3.63) is 45.4 Å². The second kappa shape index (κ2) is 10.6. The quantitative estimate of drug-likeness (QED) is 0.645. The molecule has 1 saturated heterocycles. The highest BCUT2D eigenvalue weighted by Crippen LogP contribution is 2.18. The van der Waals surface area contributed by atoms with Crippen LogP contribution in [0.15, 0.2) is 29.6 Å². The highest BCUT2D eigenvalue weighted by molar-refractivity contribution is 7.09. The molecule has 1 N–H and O–H groups in total. The third-order valence-electron chi connectivity index (χ3n) is 4.19. The van der Waals surface area contributed by atoms with Crippen molar-refractivity contribution in [3.63, 3.8) is 0 Å². The SMILES string of the molecule is O=C(Cc1csc(COc2ccc(Cl)cc2)n1)NCCCN1CCOCC1. The van der Waals surface area contributed by atoms with Gasteiger partial charge in [-0.2, -0.15) is 0 Å². The number of nitrogens with zero attached hydrogens (tertiary/aromatic N) is 2. The van der Waals surface area contributed by atoms with Crippen LogP contribution in [0.3, 0.4) is 0 Å². The highest BCUT2D eigenvalue weighted by atomic mass is 35.5. The third-order valence-corrected chi connectivity index (χ3v) is 5.32. The first kappa shape index (κ1) is 20.1. The van der Waals surface area contributed by atoms with E-state index in [4.69, 9.17) is 21.1 Å². The number of hydrogen-bond acceptors (Lipinski definition) is 6. The van der Waals surface area contributed by atoms with Gasteiger partial charge in [0.25, 0.3) is 0 Å². The first-order valence-corrected chi connectivity index (χ1v) is 10.3. The van der Waals surface area contributed by atoms with Crippen LogP contribution in [0.4, 0.5) is 0 Å². The molecule has 1 aromatic heterocycles. The molecule has 0 aliphatic carbocycles. The molecule has 0 atom stereocenters. The van der Waals surface area contributed by atoms with Gasteiger partial charge in [0.05, 0.1) is 25.3 Å². The summed E-state index contributed by atoms with van der Waals surface area (Å²) < 4.78 is 11.0. The Morgan fingerprint density at radius 2 is 2.07 bits per heavy atom. The van der Waals surface area contributed by atoms with Gasteiger partial charge in [0.2, 0.25) is 5.91 Å². The van der Waals surface area contributed by atoms with Gasteiger partial charge in [0, 0.05) is 30.0 Å². The van der Waals surface area contributed by atoms with Gasteiger partial charge in [-0.15, -0.1) is 11.3 Å².